The van der Waals surface area contributed by atoms with Crippen LogP contribution < -0.4 is 11.1 Å². The molecule has 0 fully saturated rings. The summed E-state index contributed by atoms with van der Waals surface area (Å²) in [6.45, 7) is 0. The highest BCUT2D eigenvalue weighted by Crippen LogP contribution is 2.03. The normalized spacial score (nSPS) is 10.9. The molecule has 0 radical (unpaired) electrons. The van der Waals surface area contributed by atoms with Crippen LogP contribution in [0.25, 0.3) is 11.9 Å². The molecule has 4 aromatic rings. The van der Waals surface area contributed by atoms with Gasteiger partial charge in [-0.2, -0.15) is 9.36 Å². The molecule has 2 N–H and O–H groups in total. The highest BCUT2D eigenvalue weighted by Gasteiger charge is 2.14. The van der Waals surface area contributed by atoms with Crippen molar-refractivity contribution in [2.75, 3.05) is 0 Å². The van der Waals surface area contributed by atoms with E-state index in [4.69, 9.17) is 0 Å². The Kier molecular flexibility index (Phi) is 3.54. The van der Waals surface area contributed by atoms with Crippen molar-refractivity contribution in [1.82, 2.24) is 39.5 Å². The molecule has 10 heteroatoms. The van der Waals surface area contributed by atoms with Gasteiger partial charge in [-0.15, -0.1) is 0 Å². The molecule has 10 nitrogen and oxygen atoms in total. The summed E-state index contributed by atoms with van der Waals surface area (Å²) in [6.07, 6.45) is 9.40. The minimum atomic E-state index is -0.311. The summed E-state index contributed by atoms with van der Waals surface area (Å²) in [5, 5.41) is 5.61. The number of hydrogen-bond acceptors (Lipinski definition) is 6. The van der Waals surface area contributed by atoms with E-state index in [1.165, 1.54) is 21.8 Å². The number of aromatic amines is 2. The van der Waals surface area contributed by atoms with Gasteiger partial charge in [-0.25, -0.2) is 19.9 Å². The SMILES string of the molecule is O=c1c(Cc2c[nH]n(-c3ncccn3)c2=O)c[nH]n1-c1ncccn1. The number of H-pyrrole nitrogens is 2. The Morgan fingerprint density at radius 1 is 0.720 bits per heavy atom. The summed E-state index contributed by atoms with van der Waals surface area (Å²) in [5.41, 5.74) is 0.220. The fourth-order valence-corrected chi connectivity index (χ4v) is 2.38. The largest absolute Gasteiger partial charge is 0.295 e. The molecule has 0 aromatic carbocycles. The third-order valence-corrected chi connectivity index (χ3v) is 3.58. The Labute approximate surface area is 139 Å². The van der Waals surface area contributed by atoms with Crippen LogP contribution in [0.3, 0.4) is 0 Å². The van der Waals surface area contributed by atoms with Gasteiger partial charge in [0.2, 0.25) is 0 Å². The second kappa shape index (κ2) is 6.00. The topological polar surface area (TPSA) is 127 Å². The van der Waals surface area contributed by atoms with Crippen molar-refractivity contribution in [3.63, 3.8) is 0 Å². The third kappa shape index (κ3) is 2.65. The summed E-state index contributed by atoms with van der Waals surface area (Å²) in [5.74, 6) is 0.478. The average molecular weight is 336 g/mol. The lowest BCUT2D eigenvalue weighted by molar-refractivity contribution is 0.779. The van der Waals surface area contributed by atoms with Crippen molar-refractivity contribution in [2.45, 2.75) is 6.42 Å². The van der Waals surface area contributed by atoms with Crippen molar-refractivity contribution >= 4 is 0 Å². The molecular weight excluding hydrogens is 324 g/mol. The van der Waals surface area contributed by atoms with Crippen LogP contribution in [0.15, 0.2) is 58.9 Å². The first kappa shape index (κ1) is 14.8. The Morgan fingerprint density at radius 3 is 1.52 bits per heavy atom. The lowest BCUT2D eigenvalue weighted by atomic mass is 10.1. The summed E-state index contributed by atoms with van der Waals surface area (Å²) in [6, 6.07) is 3.32. The van der Waals surface area contributed by atoms with Crippen molar-refractivity contribution in [2.24, 2.45) is 0 Å². The predicted molar refractivity (Wildman–Crippen MR) is 86.8 cm³/mol. The molecule has 0 amide bonds. The quantitative estimate of drug-likeness (QED) is 0.532. The van der Waals surface area contributed by atoms with E-state index in [1.54, 1.807) is 36.9 Å². The monoisotopic (exact) mass is 336 g/mol. The Hall–Kier alpha value is -3.82. The van der Waals surface area contributed by atoms with Gasteiger partial charge in [-0.1, -0.05) is 0 Å². The zero-order valence-corrected chi connectivity index (χ0v) is 12.8. The van der Waals surface area contributed by atoms with Crippen LogP contribution in [0.2, 0.25) is 0 Å². The van der Waals surface area contributed by atoms with Gasteiger partial charge < -0.3 is 0 Å². The lowest BCUT2D eigenvalue weighted by Crippen LogP contribution is -2.22. The van der Waals surface area contributed by atoms with E-state index in [0.29, 0.717) is 11.1 Å². The molecule has 0 bridgehead atoms. The van der Waals surface area contributed by atoms with Gasteiger partial charge in [0, 0.05) is 54.7 Å². The standard InChI is InChI=1S/C15H12N8O2/c24-12-10(8-20-22(12)14-16-3-1-4-17-14)7-11-9-21-23(13(11)25)15-18-5-2-6-19-15/h1-6,8-9,20-21H,7H2. The van der Waals surface area contributed by atoms with E-state index in [-0.39, 0.29) is 29.4 Å². The highest BCUT2D eigenvalue weighted by molar-refractivity contribution is 5.23. The number of aromatic nitrogens is 8. The van der Waals surface area contributed by atoms with E-state index in [0.717, 1.165) is 0 Å². The first-order chi connectivity index (χ1) is 12.2. The predicted octanol–water partition coefficient (Wildman–Crippen LogP) is -0.185. The van der Waals surface area contributed by atoms with Crippen LogP contribution >= 0.6 is 0 Å². The van der Waals surface area contributed by atoms with Gasteiger partial charge in [0.15, 0.2) is 0 Å². The molecule has 0 spiro atoms. The molecule has 0 aliphatic heterocycles. The van der Waals surface area contributed by atoms with Crippen molar-refractivity contribution in [3.05, 3.63) is 81.1 Å². The van der Waals surface area contributed by atoms with E-state index >= 15 is 0 Å². The van der Waals surface area contributed by atoms with Gasteiger partial charge in [0.05, 0.1) is 0 Å². The molecule has 0 atom stereocenters. The fraction of sp³-hybridized carbons (Fsp3) is 0.0667. The molecule has 0 saturated carbocycles. The number of hydrogen-bond donors (Lipinski definition) is 2. The Balaban J connectivity index is 1.67. The summed E-state index contributed by atoms with van der Waals surface area (Å²) < 4.78 is 2.45. The fourth-order valence-electron chi connectivity index (χ4n) is 2.38. The smallest absolute Gasteiger partial charge is 0.277 e. The molecular formula is C15H12N8O2. The third-order valence-electron chi connectivity index (χ3n) is 3.58. The zero-order chi connectivity index (χ0) is 17.2. The van der Waals surface area contributed by atoms with Crippen molar-refractivity contribution < 1.29 is 0 Å². The molecule has 4 rings (SSSR count). The van der Waals surface area contributed by atoms with Crippen LogP contribution in [0.4, 0.5) is 0 Å². The summed E-state index contributed by atoms with van der Waals surface area (Å²) in [4.78, 5) is 41.0. The van der Waals surface area contributed by atoms with E-state index in [9.17, 15) is 9.59 Å². The van der Waals surface area contributed by atoms with E-state index in [1.807, 2.05) is 0 Å². The van der Waals surface area contributed by atoms with Crippen molar-refractivity contribution in [1.29, 1.82) is 0 Å². The molecule has 25 heavy (non-hydrogen) atoms. The first-order valence-electron chi connectivity index (χ1n) is 7.37. The van der Waals surface area contributed by atoms with Crippen LogP contribution in [0.5, 0.6) is 0 Å². The maximum absolute atomic E-state index is 12.5. The summed E-state index contributed by atoms with van der Waals surface area (Å²) in [7, 11) is 0. The van der Waals surface area contributed by atoms with Crippen LogP contribution in [-0.4, -0.2) is 39.5 Å². The van der Waals surface area contributed by atoms with Gasteiger partial charge in [-0.3, -0.25) is 19.8 Å². The van der Waals surface area contributed by atoms with Gasteiger partial charge in [0.1, 0.15) is 0 Å². The molecule has 4 aromatic heterocycles. The summed E-state index contributed by atoms with van der Waals surface area (Å²) >= 11 is 0. The molecule has 4 heterocycles. The molecule has 0 saturated heterocycles. The second-order valence-electron chi connectivity index (χ2n) is 5.15. The van der Waals surface area contributed by atoms with Crippen LogP contribution in [0, 0.1) is 0 Å². The van der Waals surface area contributed by atoms with Crippen LogP contribution in [-0.2, 0) is 6.42 Å². The minimum Gasteiger partial charge on any atom is -0.295 e. The Morgan fingerprint density at radius 2 is 1.12 bits per heavy atom. The molecule has 0 unspecified atom stereocenters. The second-order valence-corrected chi connectivity index (χ2v) is 5.15. The van der Waals surface area contributed by atoms with E-state index in [2.05, 4.69) is 30.1 Å². The number of rotatable bonds is 4. The van der Waals surface area contributed by atoms with Gasteiger partial charge in [-0.05, 0) is 12.1 Å². The molecule has 124 valence electrons. The lowest BCUT2D eigenvalue weighted by Gasteiger charge is -1.97. The number of nitrogens with zero attached hydrogens (tertiary/aromatic N) is 6. The maximum Gasteiger partial charge on any atom is 0.277 e. The average Bonchev–Trinajstić information content (AvgIpc) is 3.20. The van der Waals surface area contributed by atoms with E-state index < -0.39 is 0 Å². The van der Waals surface area contributed by atoms with Gasteiger partial charge >= 0.3 is 0 Å². The highest BCUT2D eigenvalue weighted by atomic mass is 16.1. The molecule has 0 aliphatic carbocycles. The zero-order valence-electron chi connectivity index (χ0n) is 12.8. The van der Waals surface area contributed by atoms with Crippen molar-refractivity contribution in [3.8, 4) is 11.9 Å². The maximum atomic E-state index is 12.5. The minimum absolute atomic E-state index is 0.157. The first-order valence-corrected chi connectivity index (χ1v) is 7.37. The van der Waals surface area contributed by atoms with Gasteiger partial charge in [0.25, 0.3) is 23.0 Å². The molecule has 0 aliphatic rings. The Bertz CT molecular complexity index is 1020. The number of nitrogens with one attached hydrogen (secondary N) is 2. The van der Waals surface area contributed by atoms with Crippen LogP contribution in [0.1, 0.15) is 11.1 Å².